The standard InChI is InChI=1S/C24H36I2N2O6/c1-22(2,3)33-19(29)16-18(27)24(21(31)34-23(4,5)6,28(14-12-25)15-13-26)20(30)32-17-10-8-7-9-11-17/h7-11,18H,12-16,27H2,1-6H3/t18?,24-/m0/s1. The number of nitrogens with two attached hydrogens (primary N) is 1. The molecule has 0 amide bonds. The van der Waals surface area contributed by atoms with Crippen LogP contribution in [0.2, 0.25) is 0 Å². The number of benzene rings is 1. The van der Waals surface area contributed by atoms with E-state index < -0.39 is 40.7 Å². The summed E-state index contributed by atoms with van der Waals surface area (Å²) in [7, 11) is 0. The Hall–Kier alpha value is -0.990. The predicted molar refractivity (Wildman–Crippen MR) is 148 cm³/mol. The molecule has 0 radical (unpaired) electrons. The fourth-order valence-electron chi connectivity index (χ4n) is 3.29. The van der Waals surface area contributed by atoms with Crippen LogP contribution < -0.4 is 10.5 Å². The summed E-state index contributed by atoms with van der Waals surface area (Å²) < 4.78 is 18.0. The minimum atomic E-state index is -2.06. The molecule has 1 aromatic carbocycles. The van der Waals surface area contributed by atoms with Gasteiger partial charge in [-0.2, -0.15) is 0 Å². The minimum Gasteiger partial charge on any atom is -0.460 e. The monoisotopic (exact) mass is 702 g/mol. The Morgan fingerprint density at radius 1 is 0.882 bits per heavy atom. The molecule has 0 heterocycles. The summed E-state index contributed by atoms with van der Waals surface area (Å²) in [5, 5.41) is 0. The van der Waals surface area contributed by atoms with E-state index in [0.717, 1.165) is 0 Å². The number of carbonyl (C=O) groups is 3. The van der Waals surface area contributed by atoms with Crippen LogP contribution >= 0.6 is 45.2 Å². The van der Waals surface area contributed by atoms with Crippen molar-refractivity contribution in [2.24, 2.45) is 5.73 Å². The van der Waals surface area contributed by atoms with E-state index in [9.17, 15) is 14.4 Å². The maximum Gasteiger partial charge on any atom is 0.345 e. The third kappa shape index (κ3) is 9.23. The van der Waals surface area contributed by atoms with Gasteiger partial charge in [-0.25, -0.2) is 9.59 Å². The van der Waals surface area contributed by atoms with E-state index in [1.54, 1.807) is 76.8 Å². The summed E-state index contributed by atoms with van der Waals surface area (Å²) in [5.74, 6) is -2.11. The van der Waals surface area contributed by atoms with E-state index in [1.165, 1.54) is 0 Å². The van der Waals surface area contributed by atoms with Gasteiger partial charge in [0.25, 0.3) is 0 Å². The van der Waals surface area contributed by atoms with Gasteiger partial charge in [-0.05, 0) is 53.7 Å². The highest BCUT2D eigenvalue weighted by atomic mass is 127. The van der Waals surface area contributed by atoms with Gasteiger partial charge in [-0.1, -0.05) is 63.4 Å². The first-order valence-electron chi connectivity index (χ1n) is 11.0. The van der Waals surface area contributed by atoms with Gasteiger partial charge in [0.2, 0.25) is 5.54 Å². The number of carbonyl (C=O) groups excluding carboxylic acids is 3. The number of hydrogen-bond donors (Lipinski definition) is 1. The molecule has 2 atom stereocenters. The zero-order valence-corrected chi connectivity index (χ0v) is 25.0. The average Bonchev–Trinajstić information content (AvgIpc) is 2.66. The third-order valence-electron chi connectivity index (χ3n) is 4.53. The van der Waals surface area contributed by atoms with Gasteiger partial charge in [0.1, 0.15) is 17.0 Å². The first kappa shape index (κ1) is 31.0. The van der Waals surface area contributed by atoms with Crippen molar-refractivity contribution in [3.8, 4) is 5.75 Å². The molecular formula is C24H36I2N2O6. The molecule has 0 aliphatic heterocycles. The van der Waals surface area contributed by atoms with Gasteiger partial charge < -0.3 is 19.9 Å². The predicted octanol–water partition coefficient (Wildman–Crippen LogP) is 3.90. The zero-order chi connectivity index (χ0) is 26.2. The van der Waals surface area contributed by atoms with Crippen molar-refractivity contribution < 1.29 is 28.6 Å². The Labute approximate surface area is 229 Å². The van der Waals surface area contributed by atoms with Crippen LogP contribution in [0.15, 0.2) is 30.3 Å². The molecule has 0 fully saturated rings. The highest BCUT2D eigenvalue weighted by molar-refractivity contribution is 14.1. The van der Waals surface area contributed by atoms with Gasteiger partial charge in [-0.15, -0.1) is 0 Å². The van der Waals surface area contributed by atoms with E-state index in [2.05, 4.69) is 45.2 Å². The van der Waals surface area contributed by atoms with E-state index in [1.807, 2.05) is 0 Å². The van der Waals surface area contributed by atoms with Crippen LogP contribution in [0.1, 0.15) is 48.0 Å². The van der Waals surface area contributed by atoms with Crippen LogP contribution in [0.25, 0.3) is 0 Å². The van der Waals surface area contributed by atoms with Gasteiger partial charge in [-0.3, -0.25) is 9.69 Å². The number of alkyl halides is 2. The molecule has 0 aliphatic carbocycles. The molecule has 0 spiro atoms. The summed E-state index contributed by atoms with van der Waals surface area (Å²) in [4.78, 5) is 42.1. The highest BCUT2D eigenvalue weighted by Gasteiger charge is 2.59. The van der Waals surface area contributed by atoms with Crippen molar-refractivity contribution in [1.82, 2.24) is 4.90 Å². The van der Waals surface area contributed by atoms with Crippen molar-refractivity contribution in [2.75, 3.05) is 21.9 Å². The number of esters is 3. The smallest absolute Gasteiger partial charge is 0.345 e. The zero-order valence-electron chi connectivity index (χ0n) is 20.7. The summed E-state index contributed by atoms with van der Waals surface area (Å²) in [5.41, 5.74) is 2.85. The number of para-hydroxylation sites is 1. The van der Waals surface area contributed by atoms with Crippen LogP contribution in [0.5, 0.6) is 5.75 Å². The number of halogens is 2. The molecule has 10 heteroatoms. The Morgan fingerprint density at radius 3 is 1.82 bits per heavy atom. The van der Waals surface area contributed by atoms with Crippen molar-refractivity contribution in [3.05, 3.63) is 30.3 Å². The van der Waals surface area contributed by atoms with Crippen LogP contribution in [0.4, 0.5) is 0 Å². The quantitative estimate of drug-likeness (QED) is 0.122. The highest BCUT2D eigenvalue weighted by Crippen LogP contribution is 2.30. The second-order valence-corrected chi connectivity index (χ2v) is 11.9. The Morgan fingerprint density at radius 2 is 1.38 bits per heavy atom. The lowest BCUT2D eigenvalue weighted by atomic mass is 9.85. The number of nitrogens with zero attached hydrogens (tertiary/aromatic N) is 1. The topological polar surface area (TPSA) is 108 Å². The lowest BCUT2D eigenvalue weighted by molar-refractivity contribution is -0.181. The number of rotatable bonds is 11. The second kappa shape index (κ2) is 13.4. The third-order valence-corrected chi connectivity index (χ3v) is 5.49. The summed E-state index contributed by atoms with van der Waals surface area (Å²) >= 11 is 4.33. The van der Waals surface area contributed by atoms with Gasteiger partial charge in [0.15, 0.2) is 0 Å². The molecule has 0 saturated carbocycles. The average molecular weight is 702 g/mol. The maximum absolute atomic E-state index is 13.9. The molecule has 0 saturated heterocycles. The lowest BCUT2D eigenvalue weighted by Gasteiger charge is -2.43. The normalized spacial score (nSPS) is 14.8. The molecule has 0 aromatic heterocycles. The van der Waals surface area contributed by atoms with E-state index in [4.69, 9.17) is 19.9 Å². The summed E-state index contributed by atoms with van der Waals surface area (Å²) in [6.07, 6.45) is -0.376. The van der Waals surface area contributed by atoms with Gasteiger partial charge >= 0.3 is 17.9 Å². The van der Waals surface area contributed by atoms with Gasteiger partial charge in [0.05, 0.1) is 12.5 Å². The van der Waals surface area contributed by atoms with E-state index >= 15 is 0 Å². The molecule has 1 rings (SSSR count). The fourth-order valence-corrected chi connectivity index (χ4v) is 4.45. The number of hydrogen-bond acceptors (Lipinski definition) is 8. The SMILES string of the molecule is CC(C)(C)OC(=O)CC(N)[C@](C(=O)Oc1ccccc1)(C(=O)OC(C)(C)C)N(CCI)CCI. The molecular weight excluding hydrogens is 666 g/mol. The minimum absolute atomic E-state index is 0.258. The first-order valence-corrected chi connectivity index (χ1v) is 14.1. The molecule has 8 nitrogen and oxygen atoms in total. The largest absolute Gasteiger partial charge is 0.460 e. The van der Waals surface area contributed by atoms with Crippen molar-refractivity contribution in [2.45, 2.75) is 70.7 Å². The van der Waals surface area contributed by atoms with Crippen LogP contribution in [0.3, 0.4) is 0 Å². The van der Waals surface area contributed by atoms with Crippen molar-refractivity contribution >= 4 is 63.1 Å². The summed E-state index contributed by atoms with van der Waals surface area (Å²) in [6.45, 7) is 11.0. The van der Waals surface area contributed by atoms with Crippen LogP contribution in [-0.2, 0) is 23.9 Å². The first-order chi connectivity index (χ1) is 15.7. The molecule has 1 aromatic rings. The van der Waals surface area contributed by atoms with E-state index in [0.29, 0.717) is 21.9 Å². The number of ether oxygens (including phenoxy) is 3. The Balaban J connectivity index is 3.64. The van der Waals surface area contributed by atoms with Crippen molar-refractivity contribution in [3.63, 3.8) is 0 Å². The van der Waals surface area contributed by atoms with Crippen molar-refractivity contribution in [1.29, 1.82) is 0 Å². The fraction of sp³-hybridized carbons (Fsp3) is 0.625. The Kier molecular flexibility index (Phi) is 12.2. The van der Waals surface area contributed by atoms with E-state index in [-0.39, 0.29) is 12.2 Å². The maximum atomic E-state index is 13.9. The lowest BCUT2D eigenvalue weighted by Crippen LogP contribution is -2.72. The second-order valence-electron chi connectivity index (χ2n) is 9.73. The molecule has 0 aliphatic rings. The summed E-state index contributed by atoms with van der Waals surface area (Å²) in [6, 6.07) is 7.15. The Bertz CT molecular complexity index is 817. The molecule has 2 N–H and O–H groups in total. The molecule has 192 valence electrons. The molecule has 0 bridgehead atoms. The van der Waals surface area contributed by atoms with Crippen LogP contribution in [-0.4, -0.2) is 67.5 Å². The van der Waals surface area contributed by atoms with Gasteiger partial charge in [0, 0.05) is 21.9 Å². The molecule has 1 unspecified atom stereocenters. The van der Waals surface area contributed by atoms with Crippen LogP contribution in [0, 0.1) is 0 Å². The molecule has 34 heavy (non-hydrogen) atoms.